The summed E-state index contributed by atoms with van der Waals surface area (Å²) in [7, 11) is 0. The van der Waals surface area contributed by atoms with Gasteiger partial charge in [-0.3, -0.25) is 4.79 Å². The van der Waals surface area contributed by atoms with Gasteiger partial charge in [0.25, 0.3) is 0 Å². The van der Waals surface area contributed by atoms with Crippen LogP contribution in [0.3, 0.4) is 0 Å². The zero-order valence-electron chi connectivity index (χ0n) is 17.0. The SMILES string of the molecule is O=C(CCc1ccc(F)c(Cl)c1)Nc1cnc(N2CCN(c3ccccc3)CC2)nc1. The lowest BCUT2D eigenvalue weighted by molar-refractivity contribution is -0.116. The summed E-state index contributed by atoms with van der Waals surface area (Å²) in [4.78, 5) is 25.5. The first-order valence-corrected chi connectivity index (χ1v) is 10.6. The van der Waals surface area contributed by atoms with Crippen LogP contribution in [0.4, 0.5) is 21.7 Å². The number of aromatic nitrogens is 2. The summed E-state index contributed by atoms with van der Waals surface area (Å²) in [6.45, 7) is 3.47. The van der Waals surface area contributed by atoms with Gasteiger partial charge in [-0.15, -0.1) is 0 Å². The van der Waals surface area contributed by atoms with Gasteiger partial charge >= 0.3 is 0 Å². The summed E-state index contributed by atoms with van der Waals surface area (Å²) in [6, 6.07) is 14.8. The molecule has 160 valence electrons. The number of piperazine rings is 1. The first-order chi connectivity index (χ1) is 15.1. The molecule has 1 N–H and O–H groups in total. The summed E-state index contributed by atoms with van der Waals surface area (Å²) < 4.78 is 13.2. The molecule has 0 bridgehead atoms. The highest BCUT2D eigenvalue weighted by atomic mass is 35.5. The molecule has 2 aromatic carbocycles. The number of hydrogen-bond donors (Lipinski definition) is 1. The predicted octanol–water partition coefficient (Wildman–Crippen LogP) is 4.17. The molecule has 0 atom stereocenters. The van der Waals surface area contributed by atoms with Crippen molar-refractivity contribution in [2.75, 3.05) is 41.3 Å². The zero-order chi connectivity index (χ0) is 21.6. The van der Waals surface area contributed by atoms with Crippen LogP contribution in [-0.2, 0) is 11.2 Å². The van der Waals surface area contributed by atoms with Gasteiger partial charge in [0.2, 0.25) is 11.9 Å². The monoisotopic (exact) mass is 439 g/mol. The zero-order valence-corrected chi connectivity index (χ0v) is 17.7. The van der Waals surface area contributed by atoms with E-state index < -0.39 is 5.82 Å². The minimum atomic E-state index is -0.464. The highest BCUT2D eigenvalue weighted by Crippen LogP contribution is 2.19. The molecule has 1 saturated heterocycles. The van der Waals surface area contributed by atoms with E-state index in [-0.39, 0.29) is 17.4 Å². The Hall–Kier alpha value is -3.19. The van der Waals surface area contributed by atoms with Crippen LogP contribution >= 0.6 is 11.6 Å². The van der Waals surface area contributed by atoms with E-state index >= 15 is 0 Å². The number of carbonyl (C=O) groups is 1. The highest BCUT2D eigenvalue weighted by Gasteiger charge is 2.19. The maximum Gasteiger partial charge on any atom is 0.225 e. The fourth-order valence-electron chi connectivity index (χ4n) is 3.53. The van der Waals surface area contributed by atoms with Crippen molar-refractivity contribution in [3.05, 3.63) is 77.3 Å². The Balaban J connectivity index is 1.26. The third kappa shape index (κ3) is 5.49. The Morgan fingerprint density at radius 1 is 1.00 bits per heavy atom. The van der Waals surface area contributed by atoms with Gasteiger partial charge in [0.05, 0.1) is 23.1 Å². The van der Waals surface area contributed by atoms with Crippen LogP contribution < -0.4 is 15.1 Å². The number of benzene rings is 2. The van der Waals surface area contributed by atoms with E-state index in [1.165, 1.54) is 11.8 Å². The fourth-order valence-corrected chi connectivity index (χ4v) is 3.73. The van der Waals surface area contributed by atoms with Crippen LogP contribution in [0, 0.1) is 5.82 Å². The van der Waals surface area contributed by atoms with Gasteiger partial charge < -0.3 is 15.1 Å². The minimum Gasteiger partial charge on any atom is -0.368 e. The van der Waals surface area contributed by atoms with Gasteiger partial charge in [-0.05, 0) is 36.2 Å². The number of amides is 1. The number of nitrogens with zero attached hydrogens (tertiary/aromatic N) is 4. The van der Waals surface area contributed by atoms with Crippen LogP contribution in [0.15, 0.2) is 60.9 Å². The molecule has 1 aromatic heterocycles. The van der Waals surface area contributed by atoms with Crippen molar-refractivity contribution in [3.8, 4) is 0 Å². The van der Waals surface area contributed by atoms with E-state index in [1.807, 2.05) is 18.2 Å². The van der Waals surface area contributed by atoms with Gasteiger partial charge in [0.15, 0.2) is 0 Å². The van der Waals surface area contributed by atoms with E-state index in [0.717, 1.165) is 31.7 Å². The molecular weight excluding hydrogens is 417 g/mol. The van der Waals surface area contributed by atoms with E-state index in [4.69, 9.17) is 11.6 Å². The quantitative estimate of drug-likeness (QED) is 0.624. The van der Waals surface area contributed by atoms with Crippen LogP contribution in [0.1, 0.15) is 12.0 Å². The third-order valence-corrected chi connectivity index (χ3v) is 5.52. The molecule has 0 radical (unpaired) electrons. The Bertz CT molecular complexity index is 1020. The van der Waals surface area contributed by atoms with E-state index in [9.17, 15) is 9.18 Å². The molecule has 3 aromatic rings. The van der Waals surface area contributed by atoms with Crippen molar-refractivity contribution in [1.82, 2.24) is 9.97 Å². The van der Waals surface area contributed by atoms with Gasteiger partial charge in [0, 0.05) is 38.3 Å². The topological polar surface area (TPSA) is 61.4 Å². The Morgan fingerprint density at radius 2 is 1.68 bits per heavy atom. The van der Waals surface area contributed by atoms with Gasteiger partial charge in [0.1, 0.15) is 5.82 Å². The number of halogens is 2. The molecule has 1 fully saturated rings. The number of rotatable bonds is 6. The molecule has 1 amide bonds. The molecule has 0 saturated carbocycles. The second-order valence-electron chi connectivity index (χ2n) is 7.38. The van der Waals surface area contributed by atoms with Gasteiger partial charge in [-0.2, -0.15) is 0 Å². The molecule has 8 heteroatoms. The van der Waals surface area contributed by atoms with Crippen LogP contribution in [0.25, 0.3) is 0 Å². The molecule has 0 spiro atoms. The second-order valence-corrected chi connectivity index (χ2v) is 7.79. The lowest BCUT2D eigenvalue weighted by atomic mass is 10.1. The van der Waals surface area contributed by atoms with E-state index in [0.29, 0.717) is 18.1 Å². The smallest absolute Gasteiger partial charge is 0.225 e. The van der Waals surface area contributed by atoms with Crippen molar-refractivity contribution < 1.29 is 9.18 Å². The maximum absolute atomic E-state index is 13.2. The first-order valence-electron chi connectivity index (χ1n) is 10.2. The summed E-state index contributed by atoms with van der Waals surface area (Å²) in [5.41, 5.74) is 2.58. The lowest BCUT2D eigenvalue weighted by Crippen LogP contribution is -2.47. The first kappa shape index (κ1) is 21.1. The van der Waals surface area contributed by atoms with Crippen molar-refractivity contribution >= 4 is 34.8 Å². The molecule has 0 unspecified atom stereocenters. The van der Waals surface area contributed by atoms with Crippen molar-refractivity contribution in [2.45, 2.75) is 12.8 Å². The molecule has 4 rings (SSSR count). The van der Waals surface area contributed by atoms with Crippen molar-refractivity contribution in [2.24, 2.45) is 0 Å². The highest BCUT2D eigenvalue weighted by molar-refractivity contribution is 6.30. The molecule has 31 heavy (non-hydrogen) atoms. The molecular formula is C23H23ClFN5O. The largest absolute Gasteiger partial charge is 0.368 e. The predicted molar refractivity (Wildman–Crippen MR) is 121 cm³/mol. The number of carbonyl (C=O) groups excluding carboxylic acids is 1. The summed E-state index contributed by atoms with van der Waals surface area (Å²) >= 11 is 5.78. The molecule has 1 aliphatic rings. The minimum absolute atomic E-state index is 0.0616. The van der Waals surface area contributed by atoms with Gasteiger partial charge in [-0.1, -0.05) is 35.9 Å². The third-order valence-electron chi connectivity index (χ3n) is 5.23. The summed E-state index contributed by atoms with van der Waals surface area (Å²) in [6.07, 6.45) is 3.97. The van der Waals surface area contributed by atoms with Crippen LogP contribution in [-0.4, -0.2) is 42.1 Å². The summed E-state index contributed by atoms with van der Waals surface area (Å²) in [5, 5.41) is 2.86. The lowest BCUT2D eigenvalue weighted by Gasteiger charge is -2.36. The van der Waals surface area contributed by atoms with E-state index in [1.54, 1.807) is 24.5 Å². The molecule has 1 aliphatic heterocycles. The maximum atomic E-state index is 13.2. The van der Waals surface area contributed by atoms with Crippen LogP contribution in [0.2, 0.25) is 5.02 Å². The van der Waals surface area contributed by atoms with E-state index in [2.05, 4.69) is 37.2 Å². The normalized spacial score (nSPS) is 13.9. The molecule has 0 aliphatic carbocycles. The Morgan fingerprint density at radius 3 is 2.35 bits per heavy atom. The fraction of sp³-hybridized carbons (Fsp3) is 0.261. The van der Waals surface area contributed by atoms with Gasteiger partial charge in [-0.25, -0.2) is 14.4 Å². The Kier molecular flexibility index (Phi) is 6.62. The average Bonchev–Trinajstić information content (AvgIpc) is 2.81. The number of aryl methyl sites for hydroxylation is 1. The van der Waals surface area contributed by atoms with Crippen molar-refractivity contribution in [1.29, 1.82) is 0 Å². The van der Waals surface area contributed by atoms with Crippen molar-refractivity contribution in [3.63, 3.8) is 0 Å². The number of nitrogens with one attached hydrogen (secondary N) is 1. The second kappa shape index (κ2) is 9.75. The number of para-hydroxylation sites is 1. The summed E-state index contributed by atoms with van der Waals surface area (Å²) in [5.74, 6) is 0.0357. The Labute approximate surface area is 185 Å². The number of hydrogen-bond acceptors (Lipinski definition) is 5. The van der Waals surface area contributed by atoms with Crippen LogP contribution in [0.5, 0.6) is 0 Å². The average molecular weight is 440 g/mol. The molecule has 2 heterocycles. The number of anilines is 3. The standard InChI is InChI=1S/C23H23ClFN5O/c24-20-14-17(6-8-21(20)25)7-9-22(31)28-18-15-26-23(27-16-18)30-12-10-29(11-13-30)19-4-2-1-3-5-19/h1-6,8,14-16H,7,9-13H2,(H,28,31). The molecule has 6 nitrogen and oxygen atoms in total.